The SMILES string of the molecule is CN=C(NCCCCC(C)C)NCc1coc(-c2cccs2)n1. The summed E-state index contributed by atoms with van der Waals surface area (Å²) >= 11 is 1.62. The Labute approximate surface area is 142 Å². The van der Waals surface area contributed by atoms with Crippen LogP contribution in [0.4, 0.5) is 0 Å². The largest absolute Gasteiger partial charge is 0.443 e. The Balaban J connectivity index is 1.71. The molecule has 6 heteroatoms. The van der Waals surface area contributed by atoms with Crippen molar-refractivity contribution in [2.24, 2.45) is 10.9 Å². The molecule has 0 fully saturated rings. The number of aromatic nitrogens is 1. The van der Waals surface area contributed by atoms with Gasteiger partial charge in [0.05, 0.1) is 17.1 Å². The van der Waals surface area contributed by atoms with Crippen LogP contribution in [0.1, 0.15) is 38.8 Å². The fraction of sp³-hybridized carbons (Fsp3) is 0.529. The molecule has 0 aromatic carbocycles. The molecule has 0 atom stereocenters. The maximum atomic E-state index is 5.51. The van der Waals surface area contributed by atoms with Gasteiger partial charge in [0, 0.05) is 13.6 Å². The average Bonchev–Trinajstić information content (AvgIpc) is 3.20. The first-order valence-corrected chi connectivity index (χ1v) is 8.99. The van der Waals surface area contributed by atoms with E-state index in [0.717, 1.165) is 35.4 Å². The van der Waals surface area contributed by atoms with E-state index in [4.69, 9.17) is 4.42 Å². The second-order valence-corrected chi connectivity index (χ2v) is 6.81. The summed E-state index contributed by atoms with van der Waals surface area (Å²) in [6.07, 6.45) is 5.37. The van der Waals surface area contributed by atoms with Gasteiger partial charge in [-0.25, -0.2) is 4.98 Å². The van der Waals surface area contributed by atoms with E-state index in [0.29, 0.717) is 12.4 Å². The molecule has 0 amide bonds. The lowest BCUT2D eigenvalue weighted by atomic mass is 10.1. The van der Waals surface area contributed by atoms with Crippen LogP contribution >= 0.6 is 11.3 Å². The van der Waals surface area contributed by atoms with Crippen LogP contribution in [0, 0.1) is 5.92 Å². The third-order valence-corrected chi connectivity index (χ3v) is 4.30. The maximum absolute atomic E-state index is 5.51. The van der Waals surface area contributed by atoms with E-state index in [9.17, 15) is 0 Å². The molecule has 0 aliphatic rings. The van der Waals surface area contributed by atoms with Gasteiger partial charge in [-0.3, -0.25) is 4.99 Å². The molecule has 126 valence electrons. The highest BCUT2D eigenvalue weighted by molar-refractivity contribution is 7.13. The molecule has 2 heterocycles. The molecule has 5 nitrogen and oxygen atoms in total. The molecule has 0 radical (unpaired) electrons. The average molecular weight is 334 g/mol. The second kappa shape index (κ2) is 9.35. The zero-order chi connectivity index (χ0) is 16.5. The summed E-state index contributed by atoms with van der Waals surface area (Å²) in [5.74, 6) is 2.25. The Morgan fingerprint density at radius 1 is 1.35 bits per heavy atom. The Morgan fingerprint density at radius 3 is 2.91 bits per heavy atom. The first-order chi connectivity index (χ1) is 11.2. The predicted molar refractivity (Wildman–Crippen MR) is 96.7 cm³/mol. The van der Waals surface area contributed by atoms with Gasteiger partial charge in [0.25, 0.3) is 0 Å². The van der Waals surface area contributed by atoms with E-state index in [-0.39, 0.29) is 0 Å². The van der Waals surface area contributed by atoms with Crippen molar-refractivity contribution in [3.05, 3.63) is 29.5 Å². The highest BCUT2D eigenvalue weighted by Gasteiger charge is 2.08. The van der Waals surface area contributed by atoms with Gasteiger partial charge in [0.15, 0.2) is 5.96 Å². The van der Waals surface area contributed by atoms with Crippen LogP contribution in [0.2, 0.25) is 0 Å². The molecule has 0 spiro atoms. The monoisotopic (exact) mass is 334 g/mol. The number of hydrogen-bond donors (Lipinski definition) is 2. The Hall–Kier alpha value is -1.82. The van der Waals surface area contributed by atoms with Crippen molar-refractivity contribution >= 4 is 17.3 Å². The molecular weight excluding hydrogens is 308 g/mol. The van der Waals surface area contributed by atoms with E-state index in [1.807, 2.05) is 17.5 Å². The number of nitrogens with one attached hydrogen (secondary N) is 2. The lowest BCUT2D eigenvalue weighted by Gasteiger charge is -2.11. The first kappa shape index (κ1) is 17.5. The van der Waals surface area contributed by atoms with Crippen molar-refractivity contribution in [1.82, 2.24) is 15.6 Å². The van der Waals surface area contributed by atoms with Gasteiger partial charge in [-0.15, -0.1) is 11.3 Å². The number of unbranched alkanes of at least 4 members (excludes halogenated alkanes) is 1. The van der Waals surface area contributed by atoms with Gasteiger partial charge < -0.3 is 15.1 Å². The number of aliphatic imine (C=N–C) groups is 1. The van der Waals surface area contributed by atoms with Crippen LogP contribution in [0.15, 0.2) is 33.2 Å². The molecule has 0 unspecified atom stereocenters. The summed E-state index contributed by atoms with van der Waals surface area (Å²) in [5, 5.41) is 8.61. The summed E-state index contributed by atoms with van der Waals surface area (Å²) in [4.78, 5) is 9.76. The molecular formula is C17H26N4OS. The number of nitrogens with zero attached hydrogens (tertiary/aromatic N) is 2. The van der Waals surface area contributed by atoms with Crippen LogP contribution in [-0.4, -0.2) is 24.5 Å². The smallest absolute Gasteiger partial charge is 0.236 e. The molecule has 0 bridgehead atoms. The van der Waals surface area contributed by atoms with Crippen molar-refractivity contribution in [2.45, 2.75) is 39.7 Å². The zero-order valence-electron chi connectivity index (χ0n) is 14.1. The molecule has 2 aromatic heterocycles. The fourth-order valence-electron chi connectivity index (χ4n) is 2.18. The minimum Gasteiger partial charge on any atom is -0.443 e. The quantitative estimate of drug-likeness (QED) is 0.437. The second-order valence-electron chi connectivity index (χ2n) is 5.86. The Kier molecular flexibility index (Phi) is 7.13. The molecule has 2 N–H and O–H groups in total. The third kappa shape index (κ3) is 6.06. The summed E-state index contributed by atoms with van der Waals surface area (Å²) in [7, 11) is 1.78. The van der Waals surface area contributed by atoms with Gasteiger partial charge in [-0.2, -0.15) is 0 Å². The molecule has 2 aromatic rings. The van der Waals surface area contributed by atoms with Crippen LogP contribution in [0.25, 0.3) is 10.8 Å². The predicted octanol–water partition coefficient (Wildman–Crippen LogP) is 3.89. The topological polar surface area (TPSA) is 62.5 Å². The van der Waals surface area contributed by atoms with E-state index >= 15 is 0 Å². The molecule has 2 rings (SSSR count). The lowest BCUT2D eigenvalue weighted by molar-refractivity contribution is 0.534. The Morgan fingerprint density at radius 2 is 2.22 bits per heavy atom. The van der Waals surface area contributed by atoms with Crippen molar-refractivity contribution in [2.75, 3.05) is 13.6 Å². The van der Waals surface area contributed by atoms with Crippen molar-refractivity contribution in [3.63, 3.8) is 0 Å². The minimum atomic E-state index is 0.598. The number of guanidine groups is 1. The number of rotatable bonds is 8. The van der Waals surface area contributed by atoms with E-state index < -0.39 is 0 Å². The molecule has 0 aliphatic carbocycles. The summed E-state index contributed by atoms with van der Waals surface area (Å²) in [6, 6.07) is 4.00. The summed E-state index contributed by atoms with van der Waals surface area (Å²) < 4.78 is 5.51. The summed E-state index contributed by atoms with van der Waals surface area (Å²) in [6.45, 7) is 6.05. The Bertz CT molecular complexity index is 590. The molecule has 23 heavy (non-hydrogen) atoms. The number of thiophene rings is 1. The standard InChI is InChI=1S/C17H26N4OS/c1-13(2)7-4-5-9-19-17(18-3)20-11-14-12-22-16(21-14)15-8-6-10-23-15/h6,8,10,12-13H,4-5,7,9,11H2,1-3H3,(H2,18,19,20). The van der Waals surface area contributed by atoms with Crippen LogP contribution in [-0.2, 0) is 6.54 Å². The normalized spacial score (nSPS) is 11.9. The molecule has 0 saturated carbocycles. The number of oxazole rings is 1. The lowest BCUT2D eigenvalue weighted by Crippen LogP contribution is -2.37. The zero-order valence-corrected chi connectivity index (χ0v) is 14.9. The highest BCUT2D eigenvalue weighted by atomic mass is 32.1. The van der Waals surface area contributed by atoms with E-state index in [1.54, 1.807) is 24.6 Å². The number of hydrogen-bond acceptors (Lipinski definition) is 4. The van der Waals surface area contributed by atoms with Gasteiger partial charge in [0.1, 0.15) is 6.26 Å². The van der Waals surface area contributed by atoms with Crippen LogP contribution in [0.3, 0.4) is 0 Å². The fourth-order valence-corrected chi connectivity index (χ4v) is 2.84. The van der Waals surface area contributed by atoms with Gasteiger partial charge in [-0.05, 0) is 23.8 Å². The van der Waals surface area contributed by atoms with Crippen molar-refractivity contribution in [1.29, 1.82) is 0 Å². The maximum Gasteiger partial charge on any atom is 0.236 e. The van der Waals surface area contributed by atoms with Gasteiger partial charge in [0.2, 0.25) is 5.89 Å². The van der Waals surface area contributed by atoms with Gasteiger partial charge in [-0.1, -0.05) is 32.8 Å². The van der Waals surface area contributed by atoms with E-state index in [1.165, 1.54) is 12.8 Å². The van der Waals surface area contributed by atoms with Crippen molar-refractivity contribution in [3.8, 4) is 10.8 Å². The van der Waals surface area contributed by atoms with Crippen LogP contribution < -0.4 is 10.6 Å². The molecule has 0 saturated heterocycles. The van der Waals surface area contributed by atoms with Crippen molar-refractivity contribution < 1.29 is 4.42 Å². The summed E-state index contributed by atoms with van der Waals surface area (Å²) in [5.41, 5.74) is 0.871. The van der Waals surface area contributed by atoms with Gasteiger partial charge >= 0.3 is 0 Å². The van der Waals surface area contributed by atoms with Crippen LogP contribution in [0.5, 0.6) is 0 Å². The van der Waals surface area contributed by atoms with E-state index in [2.05, 4.69) is 34.5 Å². The first-order valence-electron chi connectivity index (χ1n) is 8.12. The third-order valence-electron chi connectivity index (χ3n) is 3.44. The minimum absolute atomic E-state index is 0.598. The highest BCUT2D eigenvalue weighted by Crippen LogP contribution is 2.23. The molecule has 0 aliphatic heterocycles.